The minimum Gasteiger partial charge on any atom is -0.485 e. The zero-order chi connectivity index (χ0) is 17.7. The fourth-order valence-corrected chi connectivity index (χ4v) is 2.47. The Morgan fingerprint density at radius 1 is 1.08 bits per heavy atom. The number of ether oxygens (including phenoxy) is 2. The molecule has 0 amide bonds. The van der Waals surface area contributed by atoms with Gasteiger partial charge in [0.15, 0.2) is 11.5 Å². The Labute approximate surface area is 152 Å². The summed E-state index contributed by atoms with van der Waals surface area (Å²) in [6.45, 7) is 0.141. The van der Waals surface area contributed by atoms with E-state index < -0.39 is 16.1 Å². The number of hydrogen-bond acceptors (Lipinski definition) is 6. The largest absolute Gasteiger partial charge is 0.485 e. The molecule has 0 saturated carbocycles. The molecule has 0 spiro atoms. The molecule has 2 aromatic rings. The van der Waals surface area contributed by atoms with Gasteiger partial charge < -0.3 is 13.7 Å². The molecule has 0 fully saturated rings. The van der Waals surface area contributed by atoms with Crippen LogP contribution < -0.4 is 8.92 Å². The van der Waals surface area contributed by atoms with E-state index in [1.54, 1.807) is 24.3 Å². The second kappa shape index (κ2) is 8.73. The molecule has 0 aliphatic carbocycles. The molecule has 6 nitrogen and oxygen atoms in total. The van der Waals surface area contributed by atoms with E-state index in [0.29, 0.717) is 10.6 Å². The Kier molecular flexibility index (Phi) is 7.26. The quantitative estimate of drug-likeness (QED) is 0.556. The van der Waals surface area contributed by atoms with Crippen LogP contribution in [-0.2, 0) is 21.5 Å². The molecule has 0 bridgehead atoms. The molecular formula is C17H19ClO6S. The standard InChI is InChI=1S/C16H15ClO6S.CH4/c1-21-16(18)12-5-3-11(4-6-12)10-22-15-9-13(17)7-8-14(15)23-24(2,19)20;/h3-9H,10H2,1-2H3;1H4. The Morgan fingerprint density at radius 2 is 1.72 bits per heavy atom. The summed E-state index contributed by atoms with van der Waals surface area (Å²) in [5, 5.41) is 0.381. The number of methoxy groups -OCH3 is 1. The minimum atomic E-state index is -3.69. The van der Waals surface area contributed by atoms with E-state index >= 15 is 0 Å². The number of carbonyl (C=O) groups is 1. The zero-order valence-corrected chi connectivity index (χ0v) is 14.6. The summed E-state index contributed by atoms with van der Waals surface area (Å²) in [7, 11) is -2.38. The molecule has 8 heteroatoms. The van der Waals surface area contributed by atoms with Crippen molar-refractivity contribution in [2.24, 2.45) is 0 Å². The van der Waals surface area contributed by atoms with Crippen LogP contribution in [0.25, 0.3) is 0 Å². The van der Waals surface area contributed by atoms with Crippen LogP contribution in [0.15, 0.2) is 42.5 Å². The molecule has 0 heterocycles. The fraction of sp³-hybridized carbons (Fsp3) is 0.235. The second-order valence-corrected chi connectivity index (χ2v) is 6.87. The van der Waals surface area contributed by atoms with E-state index in [-0.39, 0.29) is 25.5 Å². The van der Waals surface area contributed by atoms with Gasteiger partial charge in [-0.05, 0) is 29.8 Å². The number of halogens is 1. The number of hydrogen-bond donors (Lipinski definition) is 0. The highest BCUT2D eigenvalue weighted by Crippen LogP contribution is 2.32. The Hall–Kier alpha value is -2.25. The lowest BCUT2D eigenvalue weighted by Gasteiger charge is -2.12. The third kappa shape index (κ3) is 6.28. The molecule has 0 unspecified atom stereocenters. The monoisotopic (exact) mass is 386 g/mol. The summed E-state index contributed by atoms with van der Waals surface area (Å²) < 4.78 is 37.7. The lowest BCUT2D eigenvalue weighted by molar-refractivity contribution is 0.0600. The van der Waals surface area contributed by atoms with Crippen LogP contribution in [0, 0.1) is 0 Å². The van der Waals surface area contributed by atoms with E-state index in [1.165, 1.54) is 25.3 Å². The van der Waals surface area contributed by atoms with Crippen molar-refractivity contribution in [1.82, 2.24) is 0 Å². The summed E-state index contributed by atoms with van der Waals surface area (Å²) in [4.78, 5) is 11.4. The van der Waals surface area contributed by atoms with Gasteiger partial charge in [-0.3, -0.25) is 0 Å². The van der Waals surface area contributed by atoms with Gasteiger partial charge in [-0.15, -0.1) is 0 Å². The molecule has 136 valence electrons. The molecule has 0 aliphatic heterocycles. The maximum Gasteiger partial charge on any atom is 0.337 e. The number of benzene rings is 2. The third-order valence-electron chi connectivity index (χ3n) is 2.92. The highest BCUT2D eigenvalue weighted by molar-refractivity contribution is 7.86. The molecule has 25 heavy (non-hydrogen) atoms. The second-order valence-electron chi connectivity index (χ2n) is 4.86. The third-order valence-corrected chi connectivity index (χ3v) is 3.63. The minimum absolute atomic E-state index is 0. The molecular weight excluding hydrogens is 368 g/mol. The first-order chi connectivity index (χ1) is 11.3. The average Bonchev–Trinajstić information content (AvgIpc) is 2.53. The summed E-state index contributed by atoms with van der Waals surface area (Å²) in [5.74, 6) is -0.181. The van der Waals surface area contributed by atoms with Crippen LogP contribution >= 0.6 is 11.6 Å². The van der Waals surface area contributed by atoms with Crippen molar-refractivity contribution in [3.63, 3.8) is 0 Å². The van der Waals surface area contributed by atoms with E-state index in [4.69, 9.17) is 20.5 Å². The van der Waals surface area contributed by atoms with Crippen molar-refractivity contribution in [2.45, 2.75) is 14.0 Å². The zero-order valence-electron chi connectivity index (χ0n) is 13.0. The first kappa shape index (κ1) is 20.8. The summed E-state index contributed by atoms with van der Waals surface area (Å²) in [5.41, 5.74) is 1.19. The Bertz CT molecular complexity index is 831. The average molecular weight is 387 g/mol. The molecule has 0 aliphatic rings. The fourth-order valence-electron chi connectivity index (χ4n) is 1.84. The summed E-state index contributed by atoms with van der Waals surface area (Å²) in [6.07, 6.45) is 0.941. The molecule has 2 aromatic carbocycles. The van der Waals surface area contributed by atoms with Crippen molar-refractivity contribution < 1.29 is 26.9 Å². The molecule has 0 atom stereocenters. The maximum absolute atomic E-state index is 11.4. The van der Waals surface area contributed by atoms with Gasteiger partial charge in [-0.2, -0.15) is 8.42 Å². The van der Waals surface area contributed by atoms with Gasteiger partial charge >= 0.3 is 16.1 Å². The SMILES string of the molecule is C.COC(=O)c1ccc(COc2cc(Cl)ccc2OS(C)(=O)=O)cc1. The van der Waals surface area contributed by atoms with E-state index in [9.17, 15) is 13.2 Å². The number of esters is 1. The number of rotatable bonds is 6. The predicted molar refractivity (Wildman–Crippen MR) is 95.8 cm³/mol. The van der Waals surface area contributed by atoms with Crippen LogP contribution in [0.5, 0.6) is 11.5 Å². The van der Waals surface area contributed by atoms with Gasteiger partial charge in [-0.25, -0.2) is 4.79 Å². The van der Waals surface area contributed by atoms with E-state index in [1.807, 2.05) is 0 Å². The predicted octanol–water partition coefficient (Wildman–Crippen LogP) is 3.68. The van der Waals surface area contributed by atoms with Gasteiger partial charge in [-0.1, -0.05) is 31.2 Å². The van der Waals surface area contributed by atoms with E-state index in [0.717, 1.165) is 11.8 Å². The Balaban J connectivity index is 0.00000312. The van der Waals surface area contributed by atoms with Gasteiger partial charge in [0.25, 0.3) is 0 Å². The Morgan fingerprint density at radius 3 is 2.28 bits per heavy atom. The van der Waals surface area contributed by atoms with Gasteiger partial charge in [0.2, 0.25) is 0 Å². The van der Waals surface area contributed by atoms with Gasteiger partial charge in [0, 0.05) is 11.1 Å². The molecule has 0 aromatic heterocycles. The summed E-state index contributed by atoms with van der Waals surface area (Å²) in [6, 6.07) is 11.0. The topological polar surface area (TPSA) is 78.9 Å². The maximum atomic E-state index is 11.4. The smallest absolute Gasteiger partial charge is 0.337 e. The van der Waals surface area contributed by atoms with E-state index in [2.05, 4.69) is 4.74 Å². The highest BCUT2D eigenvalue weighted by atomic mass is 35.5. The molecule has 0 radical (unpaired) electrons. The van der Waals surface area contributed by atoms with Gasteiger partial charge in [0.05, 0.1) is 18.9 Å². The van der Waals surface area contributed by atoms with Crippen LogP contribution in [0.4, 0.5) is 0 Å². The van der Waals surface area contributed by atoms with Crippen molar-refractivity contribution >= 4 is 27.7 Å². The van der Waals surface area contributed by atoms with Crippen molar-refractivity contribution in [1.29, 1.82) is 0 Å². The normalized spacial score (nSPS) is 10.5. The number of carbonyl (C=O) groups excluding carboxylic acids is 1. The van der Waals surface area contributed by atoms with Crippen LogP contribution in [-0.4, -0.2) is 27.8 Å². The highest BCUT2D eigenvalue weighted by Gasteiger charge is 2.12. The van der Waals surface area contributed by atoms with Crippen molar-refractivity contribution in [3.05, 3.63) is 58.6 Å². The lowest BCUT2D eigenvalue weighted by Crippen LogP contribution is -2.07. The van der Waals surface area contributed by atoms with Gasteiger partial charge in [0.1, 0.15) is 6.61 Å². The molecule has 2 rings (SSSR count). The molecule has 0 saturated heterocycles. The van der Waals surface area contributed by atoms with Crippen molar-refractivity contribution in [2.75, 3.05) is 13.4 Å². The lowest BCUT2D eigenvalue weighted by atomic mass is 10.1. The van der Waals surface area contributed by atoms with Crippen molar-refractivity contribution in [3.8, 4) is 11.5 Å². The first-order valence-corrected chi connectivity index (χ1v) is 8.97. The summed E-state index contributed by atoms with van der Waals surface area (Å²) >= 11 is 5.91. The van der Waals surface area contributed by atoms with Crippen LogP contribution in [0.3, 0.4) is 0 Å². The van der Waals surface area contributed by atoms with Crippen LogP contribution in [0.2, 0.25) is 5.02 Å². The first-order valence-electron chi connectivity index (χ1n) is 6.77. The van der Waals surface area contributed by atoms with Crippen LogP contribution in [0.1, 0.15) is 23.3 Å². The molecule has 0 N–H and O–H groups in total.